The molecule has 2 aliphatic heterocycles. The zero-order chi connectivity index (χ0) is 22.1. The van der Waals surface area contributed by atoms with E-state index in [4.69, 9.17) is 26.6 Å². The summed E-state index contributed by atoms with van der Waals surface area (Å²) in [6.07, 6.45) is 11.1. The van der Waals surface area contributed by atoms with Gasteiger partial charge in [0, 0.05) is 17.4 Å². The normalized spacial score (nSPS) is 23.8. The van der Waals surface area contributed by atoms with Crippen LogP contribution in [0.3, 0.4) is 0 Å². The number of dihydropyridines is 1. The van der Waals surface area contributed by atoms with Gasteiger partial charge in [0.25, 0.3) is 0 Å². The second-order valence-corrected chi connectivity index (χ2v) is 8.07. The molecule has 0 bridgehead atoms. The molecule has 0 radical (unpaired) electrons. The number of hydrogen-bond acceptors (Lipinski definition) is 5. The van der Waals surface area contributed by atoms with E-state index in [1.807, 2.05) is 60.8 Å². The topological polar surface area (TPSA) is 110 Å². The largest absolute Gasteiger partial charge is 0.457 e. The number of nitrogens with one attached hydrogen (secondary N) is 2. The van der Waals surface area contributed by atoms with E-state index in [0.29, 0.717) is 11.6 Å². The number of aliphatic imine (C=N–C) groups is 1. The van der Waals surface area contributed by atoms with Crippen molar-refractivity contribution in [2.24, 2.45) is 16.5 Å². The minimum Gasteiger partial charge on any atom is -0.457 e. The van der Waals surface area contributed by atoms with Crippen LogP contribution >= 0.6 is 0 Å². The molecule has 3 aliphatic rings. The first-order chi connectivity index (χ1) is 15.6. The first kappa shape index (κ1) is 20.0. The van der Waals surface area contributed by atoms with Gasteiger partial charge in [-0.05, 0) is 59.7 Å². The van der Waals surface area contributed by atoms with Crippen LogP contribution in [0.5, 0.6) is 11.5 Å². The first-order valence-corrected chi connectivity index (χ1v) is 10.6. The highest BCUT2D eigenvalue weighted by molar-refractivity contribution is 6.20. The van der Waals surface area contributed by atoms with Crippen LogP contribution in [0.25, 0.3) is 5.57 Å². The summed E-state index contributed by atoms with van der Waals surface area (Å²) in [5.74, 6) is 1.47. The molecular weight excluding hydrogens is 398 g/mol. The van der Waals surface area contributed by atoms with Crippen LogP contribution in [-0.2, 0) is 0 Å². The maximum absolute atomic E-state index is 8.21. The van der Waals surface area contributed by atoms with E-state index in [1.165, 1.54) is 5.57 Å². The summed E-state index contributed by atoms with van der Waals surface area (Å²) in [6, 6.07) is 16.9. The van der Waals surface area contributed by atoms with Crippen molar-refractivity contribution in [2.45, 2.75) is 24.5 Å². The number of nitrogens with two attached hydrogens (primary N) is 2. The van der Waals surface area contributed by atoms with E-state index >= 15 is 0 Å². The molecule has 6 nitrogen and oxygen atoms in total. The fourth-order valence-electron chi connectivity index (χ4n) is 4.37. The molecule has 3 unspecified atom stereocenters. The molecule has 32 heavy (non-hydrogen) atoms. The fourth-order valence-corrected chi connectivity index (χ4v) is 4.37. The van der Waals surface area contributed by atoms with E-state index in [9.17, 15) is 0 Å². The van der Waals surface area contributed by atoms with Crippen molar-refractivity contribution in [3.63, 3.8) is 0 Å². The Morgan fingerprint density at radius 2 is 1.78 bits per heavy atom. The Morgan fingerprint density at radius 3 is 2.53 bits per heavy atom. The Hall–Kier alpha value is -3.90. The predicted octanol–water partition coefficient (Wildman–Crippen LogP) is 3.69. The summed E-state index contributed by atoms with van der Waals surface area (Å²) in [6.45, 7) is 0. The number of hydrogen-bond donors (Lipinski definition) is 4. The maximum Gasteiger partial charge on any atom is 0.127 e. The van der Waals surface area contributed by atoms with Gasteiger partial charge in [-0.15, -0.1) is 0 Å². The third-order valence-electron chi connectivity index (χ3n) is 6.00. The van der Waals surface area contributed by atoms with Crippen LogP contribution in [0, 0.1) is 5.41 Å². The third kappa shape index (κ3) is 3.76. The van der Waals surface area contributed by atoms with Crippen LogP contribution in [-0.4, -0.2) is 30.2 Å². The molecule has 0 fully saturated rings. The number of ether oxygens (including phenoxy) is 1. The molecule has 0 amide bonds. The molecule has 160 valence electrons. The molecule has 0 saturated carbocycles. The molecule has 6 N–H and O–H groups in total. The number of amidine groups is 1. The van der Waals surface area contributed by atoms with E-state index in [2.05, 4.69) is 23.5 Å². The highest BCUT2D eigenvalue weighted by Gasteiger charge is 2.32. The zero-order valence-corrected chi connectivity index (χ0v) is 17.5. The van der Waals surface area contributed by atoms with Gasteiger partial charge in [-0.25, -0.2) is 0 Å². The average molecular weight is 424 g/mol. The number of benzene rings is 2. The minimum atomic E-state index is -0.495. The Bertz CT molecular complexity index is 1190. The fraction of sp³-hybridized carbons (Fsp3) is 0.154. The lowest BCUT2D eigenvalue weighted by molar-refractivity contribution is 0.482. The van der Waals surface area contributed by atoms with Gasteiger partial charge in [0.1, 0.15) is 17.3 Å². The average Bonchev–Trinajstić information content (AvgIpc) is 3.28. The third-order valence-corrected chi connectivity index (χ3v) is 6.00. The van der Waals surface area contributed by atoms with Crippen molar-refractivity contribution >= 4 is 17.6 Å². The molecule has 2 aromatic carbocycles. The van der Waals surface area contributed by atoms with E-state index < -0.39 is 6.04 Å². The van der Waals surface area contributed by atoms with E-state index in [0.717, 1.165) is 34.6 Å². The lowest BCUT2D eigenvalue weighted by Gasteiger charge is -2.31. The SMILES string of the molecule is N=C(N)C1=C(c2ccc(Oc3ccccc3)cc2)C=NC(C2=CCC3NC=CC3=C2)C1N. The van der Waals surface area contributed by atoms with E-state index in [-0.39, 0.29) is 11.9 Å². The maximum atomic E-state index is 8.21. The Labute approximate surface area is 187 Å². The molecule has 0 aromatic heterocycles. The van der Waals surface area contributed by atoms with Gasteiger partial charge in [-0.2, -0.15) is 0 Å². The number of allylic oxidation sites excluding steroid dienone is 1. The van der Waals surface area contributed by atoms with Crippen molar-refractivity contribution in [2.75, 3.05) is 0 Å². The van der Waals surface area contributed by atoms with Gasteiger partial charge < -0.3 is 21.5 Å². The summed E-state index contributed by atoms with van der Waals surface area (Å²) in [4.78, 5) is 4.78. The smallest absolute Gasteiger partial charge is 0.127 e. The summed E-state index contributed by atoms with van der Waals surface area (Å²) in [7, 11) is 0. The molecule has 2 aromatic rings. The highest BCUT2D eigenvalue weighted by Crippen LogP contribution is 2.33. The molecule has 0 spiro atoms. The molecule has 1 aliphatic carbocycles. The number of rotatable bonds is 5. The molecule has 0 saturated heterocycles. The molecule has 5 rings (SSSR count). The zero-order valence-electron chi connectivity index (χ0n) is 17.5. The van der Waals surface area contributed by atoms with Crippen LogP contribution < -0.4 is 21.5 Å². The molecule has 3 atom stereocenters. The lowest BCUT2D eigenvalue weighted by atomic mass is 9.83. The van der Waals surface area contributed by atoms with Crippen LogP contribution in [0.2, 0.25) is 0 Å². The van der Waals surface area contributed by atoms with Gasteiger partial charge in [-0.1, -0.05) is 42.5 Å². The van der Waals surface area contributed by atoms with Crippen molar-refractivity contribution in [3.8, 4) is 11.5 Å². The van der Waals surface area contributed by atoms with Gasteiger partial charge >= 0.3 is 0 Å². The second-order valence-electron chi connectivity index (χ2n) is 8.07. The Morgan fingerprint density at radius 1 is 1.03 bits per heavy atom. The molecule has 2 heterocycles. The Kier molecular flexibility index (Phi) is 5.21. The van der Waals surface area contributed by atoms with Gasteiger partial charge in [0.15, 0.2) is 0 Å². The molecule has 6 heteroatoms. The van der Waals surface area contributed by atoms with Crippen molar-refractivity contribution in [3.05, 3.63) is 101 Å². The quantitative estimate of drug-likeness (QED) is 0.434. The van der Waals surface area contributed by atoms with Crippen LogP contribution in [0.4, 0.5) is 0 Å². The summed E-state index contributed by atoms with van der Waals surface area (Å²) in [5.41, 5.74) is 17.2. The number of fused-ring (bicyclic) bond motifs is 1. The number of para-hydroxylation sites is 1. The second kappa shape index (κ2) is 8.32. The van der Waals surface area contributed by atoms with Crippen LogP contribution in [0.1, 0.15) is 12.0 Å². The van der Waals surface area contributed by atoms with Crippen LogP contribution in [0.15, 0.2) is 101 Å². The monoisotopic (exact) mass is 423 g/mol. The Balaban J connectivity index is 1.41. The summed E-state index contributed by atoms with van der Waals surface area (Å²) >= 11 is 0. The van der Waals surface area contributed by atoms with E-state index in [1.54, 1.807) is 6.21 Å². The first-order valence-electron chi connectivity index (χ1n) is 10.6. The number of nitrogens with zero attached hydrogens (tertiary/aromatic N) is 1. The lowest BCUT2D eigenvalue weighted by Crippen LogP contribution is -2.44. The predicted molar refractivity (Wildman–Crippen MR) is 129 cm³/mol. The molecular formula is C26H25N5O. The standard InChI is InChI=1S/C26H25N5O/c27-24-23(26(28)29)21(15-31-25(24)18-8-11-22-17(14-18)12-13-30-22)16-6-9-20(10-7-16)32-19-4-2-1-3-5-19/h1-10,12-15,22,24-25,30H,11,27H2,(H3,28,29). The van der Waals surface area contributed by atoms with Gasteiger partial charge in [-0.3, -0.25) is 10.4 Å². The van der Waals surface area contributed by atoms with Crippen molar-refractivity contribution in [1.82, 2.24) is 5.32 Å². The van der Waals surface area contributed by atoms with Gasteiger partial charge in [0.05, 0.1) is 18.1 Å². The van der Waals surface area contributed by atoms with Crippen molar-refractivity contribution in [1.29, 1.82) is 5.41 Å². The summed E-state index contributed by atoms with van der Waals surface area (Å²) in [5, 5.41) is 11.5. The van der Waals surface area contributed by atoms with Crippen molar-refractivity contribution < 1.29 is 4.74 Å². The van der Waals surface area contributed by atoms with Gasteiger partial charge in [0.2, 0.25) is 0 Å². The summed E-state index contributed by atoms with van der Waals surface area (Å²) < 4.78 is 5.88. The minimum absolute atomic E-state index is 0.0300. The highest BCUT2D eigenvalue weighted by atomic mass is 16.5.